The van der Waals surface area contributed by atoms with Gasteiger partial charge >= 0.3 is 6.36 Å². The van der Waals surface area contributed by atoms with Crippen molar-refractivity contribution in [3.63, 3.8) is 0 Å². The second kappa shape index (κ2) is 5.36. The van der Waals surface area contributed by atoms with Gasteiger partial charge in [0.15, 0.2) is 0 Å². The minimum Gasteiger partial charge on any atom is -0.406 e. The van der Waals surface area contributed by atoms with E-state index in [1.165, 1.54) is 24.4 Å². The second-order valence-corrected chi connectivity index (χ2v) is 4.00. The van der Waals surface area contributed by atoms with Crippen LogP contribution >= 0.6 is 11.6 Å². The molecule has 1 aromatic carbocycles. The molecule has 0 aliphatic rings. The van der Waals surface area contributed by atoms with E-state index in [9.17, 15) is 13.2 Å². The number of pyridine rings is 1. The molecule has 2 aromatic rings. The summed E-state index contributed by atoms with van der Waals surface area (Å²) in [5.74, 6) is 0.167. The largest absolute Gasteiger partial charge is 0.573 e. The number of hydrogen-bond acceptors (Lipinski definition) is 3. The average Bonchev–Trinajstić information content (AvgIpc) is 2.30. The van der Waals surface area contributed by atoms with Crippen molar-refractivity contribution in [3.8, 4) is 5.75 Å². The molecule has 3 nitrogen and oxygen atoms in total. The van der Waals surface area contributed by atoms with Gasteiger partial charge in [0.1, 0.15) is 11.6 Å². The molecule has 1 aromatic heterocycles. The van der Waals surface area contributed by atoms with Crippen LogP contribution in [0, 0.1) is 0 Å². The Labute approximate surface area is 112 Å². The van der Waals surface area contributed by atoms with Crippen molar-refractivity contribution in [3.05, 3.63) is 47.6 Å². The summed E-state index contributed by atoms with van der Waals surface area (Å²) >= 11 is 5.68. The van der Waals surface area contributed by atoms with Crippen molar-refractivity contribution in [2.75, 3.05) is 5.32 Å². The normalized spacial score (nSPS) is 11.2. The van der Waals surface area contributed by atoms with Crippen LogP contribution in [0.1, 0.15) is 0 Å². The predicted octanol–water partition coefficient (Wildman–Crippen LogP) is 4.38. The van der Waals surface area contributed by atoms with E-state index in [1.54, 1.807) is 18.2 Å². The minimum atomic E-state index is -4.71. The van der Waals surface area contributed by atoms with Gasteiger partial charge in [-0.3, -0.25) is 0 Å². The van der Waals surface area contributed by atoms with Crippen LogP contribution in [0.15, 0.2) is 42.6 Å². The molecule has 19 heavy (non-hydrogen) atoms. The molecule has 0 aliphatic heterocycles. The van der Waals surface area contributed by atoms with Gasteiger partial charge in [-0.2, -0.15) is 0 Å². The van der Waals surface area contributed by atoms with E-state index in [4.69, 9.17) is 11.6 Å². The van der Waals surface area contributed by atoms with E-state index in [0.717, 1.165) is 0 Å². The summed E-state index contributed by atoms with van der Waals surface area (Å²) in [4.78, 5) is 3.97. The molecule has 0 saturated heterocycles. The summed E-state index contributed by atoms with van der Waals surface area (Å²) < 4.78 is 40.0. The molecule has 0 bridgehead atoms. The first-order chi connectivity index (χ1) is 8.92. The summed E-state index contributed by atoms with van der Waals surface area (Å²) in [5.41, 5.74) is 0.427. The van der Waals surface area contributed by atoms with Gasteiger partial charge in [0.25, 0.3) is 0 Å². The Hall–Kier alpha value is -1.95. The van der Waals surface area contributed by atoms with Gasteiger partial charge in [0.2, 0.25) is 0 Å². The molecule has 0 unspecified atom stereocenters. The van der Waals surface area contributed by atoms with Crippen molar-refractivity contribution in [2.24, 2.45) is 0 Å². The zero-order valence-electron chi connectivity index (χ0n) is 9.41. The van der Waals surface area contributed by atoms with Gasteiger partial charge in [-0.1, -0.05) is 17.7 Å². The van der Waals surface area contributed by atoms with Gasteiger partial charge < -0.3 is 10.1 Å². The molecule has 0 spiro atoms. The molecule has 0 radical (unpaired) electrons. The highest BCUT2D eigenvalue weighted by Crippen LogP contribution is 2.26. The summed E-state index contributed by atoms with van der Waals surface area (Å²) in [6, 6.07) is 8.71. The first-order valence-corrected chi connectivity index (χ1v) is 5.54. The molecule has 7 heteroatoms. The lowest BCUT2D eigenvalue weighted by molar-refractivity contribution is -0.274. The first kappa shape index (κ1) is 13.5. The van der Waals surface area contributed by atoms with Gasteiger partial charge in [-0.25, -0.2) is 4.98 Å². The Morgan fingerprint density at radius 2 is 1.95 bits per heavy atom. The zero-order valence-corrected chi connectivity index (χ0v) is 10.2. The highest BCUT2D eigenvalue weighted by Gasteiger charge is 2.31. The maximum Gasteiger partial charge on any atom is 0.573 e. The third-order valence-corrected chi connectivity index (χ3v) is 2.29. The minimum absolute atomic E-state index is 0.300. The molecule has 1 N–H and O–H groups in total. The predicted molar refractivity (Wildman–Crippen MR) is 65.7 cm³/mol. The molecule has 0 saturated carbocycles. The van der Waals surface area contributed by atoms with Crippen LogP contribution in [0.2, 0.25) is 5.02 Å². The van der Waals surface area contributed by atoms with Gasteiger partial charge in [-0.05, 0) is 24.3 Å². The number of benzene rings is 1. The van der Waals surface area contributed by atoms with Crippen molar-refractivity contribution in [1.82, 2.24) is 4.98 Å². The van der Waals surface area contributed by atoms with Crippen molar-refractivity contribution in [1.29, 1.82) is 0 Å². The van der Waals surface area contributed by atoms with Gasteiger partial charge in [0.05, 0.1) is 5.02 Å². The van der Waals surface area contributed by atoms with E-state index in [2.05, 4.69) is 15.0 Å². The number of nitrogens with zero attached hydrogens (tertiary/aromatic N) is 1. The van der Waals surface area contributed by atoms with Crippen LogP contribution in [0.3, 0.4) is 0 Å². The fourth-order valence-corrected chi connectivity index (χ4v) is 1.48. The maximum absolute atomic E-state index is 12.1. The number of nitrogens with one attached hydrogen (secondary N) is 1. The highest BCUT2D eigenvalue weighted by atomic mass is 35.5. The SMILES string of the molecule is FC(F)(F)Oc1cccc(Nc2ccc(Cl)cn2)c1. The lowest BCUT2D eigenvalue weighted by atomic mass is 10.3. The maximum atomic E-state index is 12.1. The summed E-state index contributed by atoms with van der Waals surface area (Å²) in [7, 11) is 0. The Morgan fingerprint density at radius 3 is 2.58 bits per heavy atom. The number of halogens is 4. The molecule has 0 aliphatic carbocycles. The van der Waals surface area contributed by atoms with Gasteiger partial charge in [0, 0.05) is 18.0 Å². The Kier molecular flexibility index (Phi) is 3.80. The smallest absolute Gasteiger partial charge is 0.406 e. The monoisotopic (exact) mass is 288 g/mol. The molecule has 2 rings (SSSR count). The number of anilines is 2. The fraction of sp³-hybridized carbons (Fsp3) is 0.0833. The molecular formula is C12H8ClF3N2O. The van der Waals surface area contributed by atoms with Crippen LogP contribution < -0.4 is 10.1 Å². The van der Waals surface area contributed by atoms with Crippen molar-refractivity contribution < 1.29 is 17.9 Å². The fourth-order valence-electron chi connectivity index (χ4n) is 1.37. The van der Waals surface area contributed by atoms with Crippen LogP contribution in [0.5, 0.6) is 5.75 Å². The van der Waals surface area contributed by atoms with Crippen molar-refractivity contribution in [2.45, 2.75) is 6.36 Å². The van der Waals surface area contributed by atoms with E-state index in [1.807, 2.05) is 0 Å². The Balaban J connectivity index is 2.13. The number of alkyl halides is 3. The molecule has 0 amide bonds. The number of aromatic nitrogens is 1. The van der Waals surface area contributed by atoms with Crippen LogP contribution in [0.25, 0.3) is 0 Å². The number of ether oxygens (including phenoxy) is 1. The zero-order chi connectivity index (χ0) is 13.9. The van der Waals surface area contributed by atoms with Crippen molar-refractivity contribution >= 4 is 23.1 Å². The lowest BCUT2D eigenvalue weighted by Crippen LogP contribution is -2.17. The Morgan fingerprint density at radius 1 is 1.16 bits per heavy atom. The van der Waals surface area contributed by atoms with E-state index < -0.39 is 6.36 Å². The van der Waals surface area contributed by atoms with Crippen LogP contribution in [0.4, 0.5) is 24.7 Å². The highest BCUT2D eigenvalue weighted by molar-refractivity contribution is 6.30. The second-order valence-electron chi connectivity index (χ2n) is 3.56. The molecule has 0 fully saturated rings. The van der Waals surface area contributed by atoms with E-state index in [-0.39, 0.29) is 5.75 Å². The summed E-state index contributed by atoms with van der Waals surface area (Å²) in [5, 5.41) is 3.31. The average molecular weight is 289 g/mol. The first-order valence-electron chi connectivity index (χ1n) is 5.17. The third-order valence-electron chi connectivity index (χ3n) is 2.07. The topological polar surface area (TPSA) is 34.1 Å². The number of hydrogen-bond donors (Lipinski definition) is 1. The quantitative estimate of drug-likeness (QED) is 0.910. The van der Waals surface area contributed by atoms with Crippen LogP contribution in [-0.2, 0) is 0 Å². The van der Waals surface area contributed by atoms with E-state index in [0.29, 0.717) is 16.5 Å². The molecule has 1 heterocycles. The Bertz CT molecular complexity index is 558. The molecule has 0 atom stereocenters. The molecule has 100 valence electrons. The summed E-state index contributed by atoms with van der Waals surface area (Å²) in [6.45, 7) is 0. The van der Waals surface area contributed by atoms with E-state index >= 15 is 0 Å². The summed E-state index contributed by atoms with van der Waals surface area (Å²) in [6.07, 6.45) is -3.28. The number of rotatable bonds is 3. The lowest BCUT2D eigenvalue weighted by Gasteiger charge is -2.10. The van der Waals surface area contributed by atoms with Crippen LogP contribution in [-0.4, -0.2) is 11.3 Å². The standard InChI is InChI=1S/C12H8ClF3N2O/c13-8-4-5-11(17-7-8)18-9-2-1-3-10(6-9)19-12(14,15)16/h1-7H,(H,17,18). The van der Waals surface area contributed by atoms with Gasteiger partial charge in [-0.15, -0.1) is 13.2 Å². The third kappa shape index (κ3) is 4.33. The molecular weight excluding hydrogens is 281 g/mol.